The number of aromatic nitrogens is 1. The van der Waals surface area contributed by atoms with Gasteiger partial charge in [-0.25, -0.2) is 4.79 Å². The minimum absolute atomic E-state index is 0.297. The Morgan fingerprint density at radius 3 is 2.87 bits per heavy atom. The second kappa shape index (κ2) is 3.79. The average molecular weight is 203 g/mol. The second-order valence-electron chi connectivity index (χ2n) is 3.39. The lowest BCUT2D eigenvalue weighted by Gasteiger charge is -1.99. The molecule has 0 radical (unpaired) electrons. The Hall–Kier alpha value is -1.73. The van der Waals surface area contributed by atoms with E-state index in [0.29, 0.717) is 12.3 Å². The van der Waals surface area contributed by atoms with Crippen LogP contribution in [0.2, 0.25) is 0 Å². The maximum atomic E-state index is 11.5. The molecule has 2 rings (SSSR count). The molecule has 3 heteroatoms. The number of oxazole rings is 1. The summed E-state index contributed by atoms with van der Waals surface area (Å²) in [5.74, 6) is 0.302. The summed E-state index contributed by atoms with van der Waals surface area (Å²) in [5, 5.41) is 0. The number of hydrogen-bond acceptors (Lipinski definition) is 2. The van der Waals surface area contributed by atoms with E-state index in [4.69, 9.17) is 4.42 Å². The van der Waals surface area contributed by atoms with Crippen molar-refractivity contribution in [2.45, 2.75) is 26.8 Å². The molecule has 3 nitrogen and oxygen atoms in total. The van der Waals surface area contributed by atoms with Crippen LogP contribution in [0.25, 0.3) is 12.2 Å². The standard InChI is InChI=1S/C12H13NO2/c1-3-9-6-5-7-11-10(8-9)13(4-2)12(14)15-11/h6-8H,3-4H2,1-2H3. The van der Waals surface area contributed by atoms with Crippen LogP contribution < -0.4 is 5.76 Å². The summed E-state index contributed by atoms with van der Waals surface area (Å²) in [6.45, 7) is 4.63. The highest BCUT2D eigenvalue weighted by Gasteiger charge is 2.12. The molecule has 1 aliphatic rings. The Bertz CT molecular complexity index is 522. The van der Waals surface area contributed by atoms with Gasteiger partial charge >= 0.3 is 5.76 Å². The molecular formula is C12H13NO2. The number of rotatable bonds is 2. The minimum Gasteiger partial charge on any atom is -0.407 e. The lowest BCUT2D eigenvalue weighted by atomic mass is 10.1. The zero-order chi connectivity index (χ0) is 10.8. The van der Waals surface area contributed by atoms with Crippen molar-refractivity contribution >= 4 is 12.2 Å². The molecule has 0 spiro atoms. The predicted molar refractivity (Wildman–Crippen MR) is 59.5 cm³/mol. The molecule has 0 N–H and O–H groups in total. The fourth-order valence-corrected chi connectivity index (χ4v) is 1.63. The van der Waals surface area contributed by atoms with Gasteiger partial charge in [-0.1, -0.05) is 6.92 Å². The number of nitrogens with zero attached hydrogens (tertiary/aromatic N) is 1. The summed E-state index contributed by atoms with van der Waals surface area (Å²) in [6, 6.07) is 0. The van der Waals surface area contributed by atoms with E-state index in [1.165, 1.54) is 0 Å². The van der Waals surface area contributed by atoms with Crippen molar-refractivity contribution in [1.29, 1.82) is 0 Å². The quantitative estimate of drug-likeness (QED) is 0.692. The molecule has 0 aromatic carbocycles. The first-order valence-corrected chi connectivity index (χ1v) is 5.13. The predicted octanol–water partition coefficient (Wildman–Crippen LogP) is 2.44. The van der Waals surface area contributed by atoms with Gasteiger partial charge in [-0.15, -0.1) is 5.73 Å². The largest absolute Gasteiger partial charge is 0.419 e. The van der Waals surface area contributed by atoms with Crippen molar-refractivity contribution in [2.75, 3.05) is 0 Å². The summed E-state index contributed by atoms with van der Waals surface area (Å²) in [4.78, 5) is 11.5. The lowest BCUT2D eigenvalue weighted by molar-refractivity contribution is 0.477. The third-order valence-corrected chi connectivity index (χ3v) is 2.49. The highest BCUT2D eigenvalue weighted by Crippen LogP contribution is 2.18. The average Bonchev–Trinajstić information content (AvgIpc) is 2.42. The zero-order valence-corrected chi connectivity index (χ0v) is 8.91. The molecule has 0 bridgehead atoms. The van der Waals surface area contributed by atoms with Gasteiger partial charge in [0.2, 0.25) is 0 Å². The molecule has 0 unspecified atom stereocenters. The molecule has 1 aromatic heterocycles. The summed E-state index contributed by atoms with van der Waals surface area (Å²) < 4.78 is 6.75. The Morgan fingerprint density at radius 2 is 2.20 bits per heavy atom. The molecule has 0 aliphatic heterocycles. The molecule has 15 heavy (non-hydrogen) atoms. The highest BCUT2D eigenvalue weighted by atomic mass is 16.4. The van der Waals surface area contributed by atoms with Gasteiger partial charge in [-0.2, -0.15) is 0 Å². The maximum Gasteiger partial charge on any atom is 0.419 e. The fourth-order valence-electron chi connectivity index (χ4n) is 1.63. The van der Waals surface area contributed by atoms with Gasteiger partial charge in [0.25, 0.3) is 0 Å². The fraction of sp³-hybridized carbons (Fsp3) is 0.333. The number of hydrogen-bond donors (Lipinski definition) is 0. The minimum atomic E-state index is -0.297. The SMILES string of the molecule is CCC1=Cc2c(oc(=O)n2CC)C=C=C1. The molecule has 1 heterocycles. The first kappa shape index (κ1) is 9.81. The van der Waals surface area contributed by atoms with Crippen LogP contribution in [-0.2, 0) is 6.54 Å². The molecule has 0 fully saturated rings. The Balaban J connectivity index is 2.68. The van der Waals surface area contributed by atoms with Gasteiger partial charge in [0.05, 0.1) is 5.69 Å². The highest BCUT2D eigenvalue weighted by molar-refractivity contribution is 5.64. The van der Waals surface area contributed by atoms with Crippen molar-refractivity contribution < 1.29 is 4.42 Å². The summed E-state index contributed by atoms with van der Waals surface area (Å²) >= 11 is 0. The molecule has 0 saturated carbocycles. The van der Waals surface area contributed by atoms with E-state index in [1.807, 2.05) is 19.1 Å². The van der Waals surface area contributed by atoms with E-state index in [9.17, 15) is 4.79 Å². The summed E-state index contributed by atoms with van der Waals surface area (Å²) in [6.07, 6.45) is 6.53. The van der Waals surface area contributed by atoms with E-state index in [0.717, 1.165) is 17.7 Å². The smallest absolute Gasteiger partial charge is 0.407 e. The van der Waals surface area contributed by atoms with Crippen LogP contribution in [0.15, 0.2) is 26.6 Å². The van der Waals surface area contributed by atoms with Gasteiger partial charge in [-0.05, 0) is 31.1 Å². The first-order valence-electron chi connectivity index (χ1n) is 5.13. The monoisotopic (exact) mass is 203 g/mol. The number of allylic oxidation sites excluding steroid dienone is 2. The Labute approximate surface area is 88.0 Å². The van der Waals surface area contributed by atoms with E-state index >= 15 is 0 Å². The van der Waals surface area contributed by atoms with Gasteiger partial charge in [0, 0.05) is 12.6 Å². The van der Waals surface area contributed by atoms with Crippen molar-refractivity contribution in [3.05, 3.63) is 39.4 Å². The Morgan fingerprint density at radius 1 is 1.40 bits per heavy atom. The van der Waals surface area contributed by atoms with E-state index in [1.54, 1.807) is 10.6 Å². The normalized spacial score (nSPS) is 13.6. The van der Waals surface area contributed by atoms with Crippen molar-refractivity contribution in [3.63, 3.8) is 0 Å². The van der Waals surface area contributed by atoms with E-state index < -0.39 is 0 Å². The topological polar surface area (TPSA) is 35.1 Å². The van der Waals surface area contributed by atoms with Crippen LogP contribution >= 0.6 is 0 Å². The summed E-state index contributed by atoms with van der Waals surface area (Å²) in [7, 11) is 0. The molecule has 1 aromatic rings. The van der Waals surface area contributed by atoms with Gasteiger partial charge in [0.15, 0.2) is 5.76 Å². The summed E-state index contributed by atoms with van der Waals surface area (Å²) in [5.41, 5.74) is 5.00. The van der Waals surface area contributed by atoms with Gasteiger partial charge in [0.1, 0.15) is 0 Å². The van der Waals surface area contributed by atoms with E-state index in [-0.39, 0.29) is 5.76 Å². The zero-order valence-electron chi connectivity index (χ0n) is 8.91. The third kappa shape index (κ3) is 1.62. The van der Waals surface area contributed by atoms with Crippen molar-refractivity contribution in [3.8, 4) is 0 Å². The second-order valence-corrected chi connectivity index (χ2v) is 3.39. The molecule has 78 valence electrons. The lowest BCUT2D eigenvalue weighted by Crippen LogP contribution is -2.13. The van der Waals surface area contributed by atoms with Crippen LogP contribution in [0.5, 0.6) is 0 Å². The molecule has 0 atom stereocenters. The molecule has 0 amide bonds. The van der Waals surface area contributed by atoms with Gasteiger partial charge < -0.3 is 4.42 Å². The molecule has 0 saturated heterocycles. The van der Waals surface area contributed by atoms with Crippen LogP contribution in [0.1, 0.15) is 31.7 Å². The third-order valence-electron chi connectivity index (χ3n) is 2.49. The van der Waals surface area contributed by atoms with E-state index in [2.05, 4.69) is 12.7 Å². The van der Waals surface area contributed by atoms with Gasteiger partial charge in [-0.3, -0.25) is 4.57 Å². The molecular weight excluding hydrogens is 190 g/mol. The molecule has 1 aliphatic carbocycles. The van der Waals surface area contributed by atoms with Crippen LogP contribution in [0.3, 0.4) is 0 Å². The van der Waals surface area contributed by atoms with Crippen LogP contribution in [0.4, 0.5) is 0 Å². The maximum absolute atomic E-state index is 11.5. The van der Waals surface area contributed by atoms with Crippen molar-refractivity contribution in [1.82, 2.24) is 4.57 Å². The van der Waals surface area contributed by atoms with Crippen molar-refractivity contribution in [2.24, 2.45) is 0 Å². The van der Waals surface area contributed by atoms with Crippen LogP contribution in [-0.4, -0.2) is 4.57 Å². The number of fused-ring (bicyclic) bond motifs is 1. The van der Waals surface area contributed by atoms with Crippen LogP contribution in [0, 0.1) is 0 Å². The first-order chi connectivity index (χ1) is 7.26. The Kier molecular flexibility index (Phi) is 2.48.